The van der Waals surface area contributed by atoms with E-state index in [2.05, 4.69) is 10.2 Å². The van der Waals surface area contributed by atoms with Gasteiger partial charge in [-0.3, -0.25) is 5.10 Å². The second kappa shape index (κ2) is 2.64. The molecule has 1 rings (SSSR count). The zero-order valence-corrected chi connectivity index (χ0v) is 5.33. The van der Waals surface area contributed by atoms with Crippen LogP contribution >= 0.6 is 0 Å². The lowest BCUT2D eigenvalue weighted by atomic mass is 10.2. The molecule has 9 heavy (non-hydrogen) atoms. The van der Waals surface area contributed by atoms with E-state index in [1.807, 2.05) is 0 Å². The molecule has 0 bridgehead atoms. The van der Waals surface area contributed by atoms with Crippen molar-refractivity contribution in [1.82, 2.24) is 10.2 Å². The maximum Gasteiger partial charge on any atom is 0.0553 e. The van der Waals surface area contributed by atoms with Gasteiger partial charge >= 0.3 is 0 Å². The Morgan fingerprint density at radius 1 is 1.89 bits per heavy atom. The molecule has 0 aromatic carbocycles. The standard InChI is InChI=1S/C6H10N2O/c1-5(9)2-6-3-7-8-4-6/h3-5,9H,2H2,1H3,(H,7,8)/t5-/m0/s1. The molecule has 1 aromatic heterocycles. The van der Waals surface area contributed by atoms with Gasteiger partial charge in [0.1, 0.15) is 0 Å². The van der Waals surface area contributed by atoms with E-state index < -0.39 is 0 Å². The van der Waals surface area contributed by atoms with Crippen molar-refractivity contribution in [3.63, 3.8) is 0 Å². The number of hydrogen-bond donors (Lipinski definition) is 2. The van der Waals surface area contributed by atoms with Crippen molar-refractivity contribution < 1.29 is 5.11 Å². The van der Waals surface area contributed by atoms with Crippen LogP contribution in [0, 0.1) is 0 Å². The first kappa shape index (κ1) is 6.29. The number of hydrogen-bond acceptors (Lipinski definition) is 2. The molecule has 3 nitrogen and oxygen atoms in total. The minimum Gasteiger partial charge on any atom is -0.393 e. The molecule has 50 valence electrons. The number of rotatable bonds is 2. The summed E-state index contributed by atoms with van der Waals surface area (Å²) < 4.78 is 0. The Morgan fingerprint density at radius 3 is 3.11 bits per heavy atom. The smallest absolute Gasteiger partial charge is 0.0553 e. The molecular formula is C6H10N2O. The van der Waals surface area contributed by atoms with E-state index in [1.54, 1.807) is 19.3 Å². The quantitative estimate of drug-likeness (QED) is 0.600. The van der Waals surface area contributed by atoms with Gasteiger partial charge in [0.05, 0.1) is 12.3 Å². The van der Waals surface area contributed by atoms with Gasteiger partial charge in [-0.05, 0) is 12.5 Å². The van der Waals surface area contributed by atoms with Gasteiger partial charge < -0.3 is 5.11 Å². The molecule has 0 saturated heterocycles. The average molecular weight is 126 g/mol. The van der Waals surface area contributed by atoms with Crippen LogP contribution in [0.1, 0.15) is 12.5 Å². The van der Waals surface area contributed by atoms with E-state index in [0.29, 0.717) is 6.42 Å². The predicted octanol–water partition coefficient (Wildman–Crippen LogP) is 0.333. The fourth-order valence-corrected chi connectivity index (χ4v) is 0.730. The minimum atomic E-state index is -0.275. The molecule has 0 spiro atoms. The molecule has 0 amide bonds. The van der Waals surface area contributed by atoms with Crippen molar-refractivity contribution in [2.45, 2.75) is 19.4 Å². The minimum absolute atomic E-state index is 0.275. The van der Waals surface area contributed by atoms with Crippen molar-refractivity contribution in [2.24, 2.45) is 0 Å². The van der Waals surface area contributed by atoms with Crippen molar-refractivity contribution in [2.75, 3.05) is 0 Å². The summed E-state index contributed by atoms with van der Waals surface area (Å²) >= 11 is 0. The van der Waals surface area contributed by atoms with Crippen LogP contribution in [0.25, 0.3) is 0 Å². The summed E-state index contributed by atoms with van der Waals surface area (Å²) in [6, 6.07) is 0. The lowest BCUT2D eigenvalue weighted by Crippen LogP contribution is -2.02. The van der Waals surface area contributed by atoms with Crippen LogP contribution < -0.4 is 0 Å². The fourth-order valence-electron chi connectivity index (χ4n) is 0.730. The van der Waals surface area contributed by atoms with Crippen molar-refractivity contribution in [3.8, 4) is 0 Å². The Balaban J connectivity index is 2.48. The van der Waals surface area contributed by atoms with Gasteiger partial charge in [-0.25, -0.2) is 0 Å². The lowest BCUT2D eigenvalue weighted by molar-refractivity contribution is 0.195. The number of nitrogens with zero attached hydrogens (tertiary/aromatic N) is 1. The van der Waals surface area contributed by atoms with E-state index >= 15 is 0 Å². The van der Waals surface area contributed by atoms with Crippen LogP contribution in [0.3, 0.4) is 0 Å². The largest absolute Gasteiger partial charge is 0.393 e. The second-order valence-electron chi connectivity index (χ2n) is 2.16. The third-order valence-corrected chi connectivity index (χ3v) is 1.09. The molecule has 0 fully saturated rings. The SMILES string of the molecule is C[C@H](O)Cc1cn[nH]c1. The maximum atomic E-state index is 8.88. The molecule has 0 radical (unpaired) electrons. The maximum absolute atomic E-state index is 8.88. The van der Waals surface area contributed by atoms with E-state index in [1.165, 1.54) is 0 Å². The average Bonchev–Trinajstić information content (AvgIpc) is 2.15. The number of aliphatic hydroxyl groups excluding tert-OH is 1. The topological polar surface area (TPSA) is 48.9 Å². The molecule has 3 heteroatoms. The summed E-state index contributed by atoms with van der Waals surface area (Å²) in [6.45, 7) is 1.76. The molecule has 1 aromatic rings. The van der Waals surface area contributed by atoms with Crippen LogP contribution in [0.5, 0.6) is 0 Å². The normalized spacial score (nSPS) is 13.6. The summed E-state index contributed by atoms with van der Waals surface area (Å²) in [6.07, 6.45) is 3.90. The number of H-pyrrole nitrogens is 1. The highest BCUT2D eigenvalue weighted by Crippen LogP contribution is 1.97. The number of nitrogens with one attached hydrogen (secondary N) is 1. The Morgan fingerprint density at radius 2 is 2.67 bits per heavy atom. The molecule has 1 atom stereocenters. The fraction of sp³-hybridized carbons (Fsp3) is 0.500. The van der Waals surface area contributed by atoms with E-state index in [9.17, 15) is 0 Å². The molecule has 0 aliphatic rings. The van der Waals surface area contributed by atoms with E-state index in [-0.39, 0.29) is 6.10 Å². The summed E-state index contributed by atoms with van der Waals surface area (Å²) in [5, 5.41) is 15.3. The van der Waals surface area contributed by atoms with Crippen LogP contribution in [0.4, 0.5) is 0 Å². The van der Waals surface area contributed by atoms with Crippen LogP contribution in [-0.4, -0.2) is 21.4 Å². The highest BCUT2D eigenvalue weighted by molar-refractivity contribution is 5.03. The molecule has 0 aliphatic heterocycles. The second-order valence-corrected chi connectivity index (χ2v) is 2.16. The highest BCUT2D eigenvalue weighted by Gasteiger charge is 1.97. The number of aromatic nitrogens is 2. The van der Waals surface area contributed by atoms with Gasteiger partial charge in [-0.15, -0.1) is 0 Å². The molecule has 0 unspecified atom stereocenters. The van der Waals surface area contributed by atoms with Gasteiger partial charge in [-0.1, -0.05) is 0 Å². The van der Waals surface area contributed by atoms with E-state index in [0.717, 1.165) is 5.56 Å². The lowest BCUT2D eigenvalue weighted by Gasteiger charge is -1.97. The van der Waals surface area contributed by atoms with Gasteiger partial charge in [0.2, 0.25) is 0 Å². The van der Waals surface area contributed by atoms with Crippen LogP contribution in [0.2, 0.25) is 0 Å². The van der Waals surface area contributed by atoms with Crippen LogP contribution in [-0.2, 0) is 6.42 Å². The summed E-state index contributed by atoms with van der Waals surface area (Å²) in [7, 11) is 0. The predicted molar refractivity (Wildman–Crippen MR) is 34.0 cm³/mol. The highest BCUT2D eigenvalue weighted by atomic mass is 16.3. The third-order valence-electron chi connectivity index (χ3n) is 1.09. The van der Waals surface area contributed by atoms with Gasteiger partial charge in [0.15, 0.2) is 0 Å². The van der Waals surface area contributed by atoms with Gasteiger partial charge in [0, 0.05) is 12.6 Å². The zero-order valence-electron chi connectivity index (χ0n) is 5.33. The number of aliphatic hydroxyl groups is 1. The molecule has 0 aliphatic carbocycles. The van der Waals surface area contributed by atoms with Crippen molar-refractivity contribution in [1.29, 1.82) is 0 Å². The first-order valence-electron chi connectivity index (χ1n) is 2.95. The van der Waals surface area contributed by atoms with Crippen LogP contribution in [0.15, 0.2) is 12.4 Å². The number of aromatic amines is 1. The summed E-state index contributed by atoms with van der Waals surface area (Å²) in [5.41, 5.74) is 1.05. The summed E-state index contributed by atoms with van der Waals surface area (Å²) in [4.78, 5) is 0. The third kappa shape index (κ3) is 1.85. The molecule has 1 heterocycles. The molecule has 0 saturated carbocycles. The first-order chi connectivity index (χ1) is 4.29. The molecular weight excluding hydrogens is 116 g/mol. The molecule has 2 N–H and O–H groups in total. The Kier molecular flexibility index (Phi) is 1.85. The Labute approximate surface area is 53.7 Å². The van der Waals surface area contributed by atoms with E-state index in [4.69, 9.17) is 5.11 Å². The van der Waals surface area contributed by atoms with Crippen molar-refractivity contribution >= 4 is 0 Å². The monoisotopic (exact) mass is 126 g/mol. The Hall–Kier alpha value is -0.830. The summed E-state index contributed by atoms with van der Waals surface area (Å²) in [5.74, 6) is 0. The van der Waals surface area contributed by atoms with Gasteiger partial charge in [0.25, 0.3) is 0 Å². The van der Waals surface area contributed by atoms with Crippen molar-refractivity contribution in [3.05, 3.63) is 18.0 Å². The zero-order chi connectivity index (χ0) is 6.69. The Bertz CT molecular complexity index is 158. The first-order valence-corrected chi connectivity index (χ1v) is 2.95. The van der Waals surface area contributed by atoms with Gasteiger partial charge in [-0.2, -0.15) is 5.10 Å².